The van der Waals surface area contributed by atoms with Crippen LogP contribution in [0, 0.1) is 0 Å². The van der Waals surface area contributed by atoms with Crippen LogP contribution in [0.1, 0.15) is 54.7 Å². The summed E-state index contributed by atoms with van der Waals surface area (Å²) in [5.41, 5.74) is 2.42. The Hall–Kier alpha value is -3.73. The van der Waals surface area contributed by atoms with Crippen LogP contribution in [0.5, 0.6) is 17.2 Å². The van der Waals surface area contributed by atoms with Gasteiger partial charge in [-0.25, -0.2) is 4.79 Å². The van der Waals surface area contributed by atoms with Crippen LogP contribution < -0.4 is 14.4 Å². The zero-order chi connectivity index (χ0) is 24.1. The quantitative estimate of drug-likeness (QED) is 0.316. The highest BCUT2D eigenvalue weighted by molar-refractivity contribution is 5.97. The van der Waals surface area contributed by atoms with E-state index in [-0.39, 0.29) is 5.97 Å². The Bertz CT molecular complexity index is 1290. The number of carbonyl (C=O) groups is 1. The van der Waals surface area contributed by atoms with Crippen LogP contribution in [-0.4, -0.2) is 24.7 Å². The number of anilines is 1. The van der Waals surface area contributed by atoms with Gasteiger partial charge in [0.25, 0.3) is 0 Å². The summed E-state index contributed by atoms with van der Waals surface area (Å²) in [4.78, 5) is 15.3. The SMILES string of the molecule is C=CC(C)(C)Oc1ccc2c(c1)Oc1cc(N(CC)CC)ccc1C21OC(=O)c2ccccc21. The number of esters is 1. The van der Waals surface area contributed by atoms with E-state index in [0.717, 1.165) is 35.5 Å². The zero-order valence-corrected chi connectivity index (χ0v) is 20.1. The van der Waals surface area contributed by atoms with Crippen molar-refractivity contribution in [2.75, 3.05) is 18.0 Å². The van der Waals surface area contributed by atoms with Crippen molar-refractivity contribution in [1.29, 1.82) is 0 Å². The van der Waals surface area contributed by atoms with Gasteiger partial charge >= 0.3 is 5.97 Å². The molecule has 5 heteroatoms. The highest BCUT2D eigenvalue weighted by Gasteiger charge is 2.53. The van der Waals surface area contributed by atoms with Gasteiger partial charge < -0.3 is 19.1 Å². The summed E-state index contributed by atoms with van der Waals surface area (Å²) in [5.74, 6) is 1.59. The van der Waals surface area contributed by atoms with Crippen molar-refractivity contribution in [3.63, 3.8) is 0 Å². The minimum Gasteiger partial charge on any atom is -0.484 e. The van der Waals surface area contributed by atoms with Crippen molar-refractivity contribution in [2.24, 2.45) is 0 Å². The van der Waals surface area contributed by atoms with Gasteiger partial charge in [0.05, 0.1) is 5.56 Å². The lowest BCUT2D eigenvalue weighted by Gasteiger charge is -2.37. The van der Waals surface area contributed by atoms with Crippen LogP contribution in [0.4, 0.5) is 5.69 Å². The molecular weight excluding hydrogens is 426 g/mol. The normalized spacial score (nSPS) is 17.8. The number of hydrogen-bond donors (Lipinski definition) is 0. The second-order valence-corrected chi connectivity index (χ2v) is 9.14. The smallest absolute Gasteiger partial charge is 0.340 e. The van der Waals surface area contributed by atoms with E-state index in [0.29, 0.717) is 22.8 Å². The summed E-state index contributed by atoms with van der Waals surface area (Å²) >= 11 is 0. The Morgan fingerprint density at radius 2 is 1.65 bits per heavy atom. The van der Waals surface area contributed by atoms with Crippen LogP contribution >= 0.6 is 0 Å². The molecule has 0 radical (unpaired) electrons. The summed E-state index contributed by atoms with van der Waals surface area (Å²) in [6.07, 6.45) is 1.76. The van der Waals surface area contributed by atoms with Crippen molar-refractivity contribution in [3.8, 4) is 17.2 Å². The van der Waals surface area contributed by atoms with Crippen molar-refractivity contribution >= 4 is 11.7 Å². The van der Waals surface area contributed by atoms with E-state index >= 15 is 0 Å². The van der Waals surface area contributed by atoms with Crippen LogP contribution in [0.2, 0.25) is 0 Å². The first-order valence-electron chi connectivity index (χ1n) is 11.7. The molecule has 3 aromatic rings. The molecule has 1 atom stereocenters. The molecule has 5 rings (SSSR count). The molecule has 3 aromatic carbocycles. The van der Waals surface area contributed by atoms with E-state index in [2.05, 4.69) is 31.4 Å². The Balaban J connectivity index is 1.73. The third-order valence-corrected chi connectivity index (χ3v) is 6.67. The number of nitrogens with zero attached hydrogens (tertiary/aromatic N) is 1. The molecule has 5 nitrogen and oxygen atoms in total. The van der Waals surface area contributed by atoms with Crippen LogP contribution in [0.3, 0.4) is 0 Å². The summed E-state index contributed by atoms with van der Waals surface area (Å²) in [6.45, 7) is 13.8. The topological polar surface area (TPSA) is 48.0 Å². The molecule has 34 heavy (non-hydrogen) atoms. The summed E-state index contributed by atoms with van der Waals surface area (Å²) < 4.78 is 18.8. The lowest BCUT2D eigenvalue weighted by molar-refractivity contribution is 0.0224. The molecule has 0 fully saturated rings. The number of benzene rings is 3. The van der Waals surface area contributed by atoms with E-state index in [1.54, 1.807) is 6.08 Å². The van der Waals surface area contributed by atoms with Gasteiger partial charge in [0.2, 0.25) is 0 Å². The number of hydrogen-bond acceptors (Lipinski definition) is 5. The molecule has 0 saturated heterocycles. The lowest BCUT2D eigenvalue weighted by atomic mass is 9.77. The van der Waals surface area contributed by atoms with Gasteiger partial charge in [0.15, 0.2) is 5.60 Å². The number of fused-ring (bicyclic) bond motifs is 6. The highest BCUT2D eigenvalue weighted by atomic mass is 16.6. The van der Waals surface area contributed by atoms with E-state index in [9.17, 15) is 4.79 Å². The summed E-state index contributed by atoms with van der Waals surface area (Å²) in [6, 6.07) is 19.4. The molecule has 0 N–H and O–H groups in total. The maximum absolute atomic E-state index is 13.0. The van der Waals surface area contributed by atoms with Gasteiger partial charge in [0.1, 0.15) is 22.8 Å². The monoisotopic (exact) mass is 455 g/mol. The standard InChI is InChI=1S/C29H29NO4/c1-6-28(4,5)33-20-14-16-24-26(18-20)32-25-17-19(30(7-2)8-3)13-15-23(25)29(24)22-12-10-9-11-21(22)27(31)34-29/h6,9-18H,1,7-8H2,2-5H3. The average molecular weight is 456 g/mol. The fourth-order valence-electron chi connectivity index (χ4n) is 4.84. The fraction of sp³-hybridized carbons (Fsp3) is 0.276. The molecule has 2 aliphatic rings. The molecule has 174 valence electrons. The lowest BCUT2D eigenvalue weighted by Crippen LogP contribution is -2.33. The molecule has 0 aromatic heterocycles. The number of carbonyl (C=O) groups excluding carboxylic acids is 1. The fourth-order valence-corrected chi connectivity index (χ4v) is 4.84. The average Bonchev–Trinajstić information content (AvgIpc) is 3.12. The molecule has 1 unspecified atom stereocenters. The van der Waals surface area contributed by atoms with E-state index in [4.69, 9.17) is 14.2 Å². The van der Waals surface area contributed by atoms with Crippen LogP contribution in [0.15, 0.2) is 73.3 Å². The second kappa shape index (κ2) is 7.94. The minimum atomic E-state index is -1.08. The van der Waals surface area contributed by atoms with E-state index < -0.39 is 11.2 Å². The minimum absolute atomic E-state index is 0.338. The molecule has 1 spiro atoms. The van der Waals surface area contributed by atoms with Crippen molar-refractivity contribution < 1.29 is 19.0 Å². The Labute approximate surface area is 200 Å². The molecule has 0 saturated carbocycles. The van der Waals surface area contributed by atoms with Crippen molar-refractivity contribution in [2.45, 2.75) is 38.9 Å². The van der Waals surface area contributed by atoms with Gasteiger partial charge in [0, 0.05) is 47.6 Å². The van der Waals surface area contributed by atoms with Crippen molar-refractivity contribution in [3.05, 3.63) is 95.6 Å². The van der Waals surface area contributed by atoms with Crippen molar-refractivity contribution in [1.82, 2.24) is 0 Å². The van der Waals surface area contributed by atoms with Crippen LogP contribution in [-0.2, 0) is 10.3 Å². The van der Waals surface area contributed by atoms with Gasteiger partial charge in [-0.15, -0.1) is 0 Å². The Kier molecular flexibility index (Phi) is 5.16. The van der Waals surface area contributed by atoms with E-state index in [1.165, 1.54) is 0 Å². The first kappa shape index (κ1) is 22.1. The molecule has 2 heterocycles. The summed E-state index contributed by atoms with van der Waals surface area (Å²) in [5, 5.41) is 0. The first-order chi connectivity index (χ1) is 16.3. The summed E-state index contributed by atoms with van der Waals surface area (Å²) in [7, 11) is 0. The largest absolute Gasteiger partial charge is 0.484 e. The maximum atomic E-state index is 13.0. The van der Waals surface area contributed by atoms with Crippen LogP contribution in [0.25, 0.3) is 0 Å². The predicted molar refractivity (Wildman–Crippen MR) is 133 cm³/mol. The number of rotatable bonds is 6. The molecule has 0 amide bonds. The maximum Gasteiger partial charge on any atom is 0.340 e. The molecule has 2 aliphatic heterocycles. The second-order valence-electron chi connectivity index (χ2n) is 9.14. The third kappa shape index (κ3) is 3.26. The predicted octanol–water partition coefficient (Wildman–Crippen LogP) is 6.44. The highest BCUT2D eigenvalue weighted by Crippen LogP contribution is 2.57. The third-order valence-electron chi connectivity index (χ3n) is 6.67. The molecule has 0 bridgehead atoms. The molecule has 0 aliphatic carbocycles. The van der Waals surface area contributed by atoms with Gasteiger partial charge in [-0.3, -0.25) is 0 Å². The zero-order valence-electron chi connectivity index (χ0n) is 20.1. The van der Waals surface area contributed by atoms with Gasteiger partial charge in [-0.2, -0.15) is 0 Å². The van der Waals surface area contributed by atoms with Gasteiger partial charge in [-0.1, -0.05) is 24.8 Å². The van der Waals surface area contributed by atoms with E-state index in [1.807, 2.05) is 68.4 Å². The Morgan fingerprint density at radius 1 is 0.971 bits per heavy atom. The Morgan fingerprint density at radius 3 is 2.35 bits per heavy atom. The molecular formula is C29H29NO4. The first-order valence-corrected chi connectivity index (χ1v) is 11.7. The number of ether oxygens (including phenoxy) is 3. The van der Waals surface area contributed by atoms with Gasteiger partial charge in [-0.05, 0) is 64.1 Å².